The first-order valence-corrected chi connectivity index (χ1v) is 6.77. The van der Waals surface area contributed by atoms with E-state index in [4.69, 9.17) is 0 Å². The van der Waals surface area contributed by atoms with Gasteiger partial charge in [0.25, 0.3) is 6.43 Å². The molecule has 0 aliphatic carbocycles. The number of nitrogens with zero attached hydrogens (tertiary/aromatic N) is 1. The highest BCUT2D eigenvalue weighted by molar-refractivity contribution is 9.10. The number of alkyl halides is 2. The van der Waals surface area contributed by atoms with E-state index in [9.17, 15) is 8.78 Å². The van der Waals surface area contributed by atoms with Crippen molar-refractivity contribution in [1.29, 1.82) is 0 Å². The van der Waals surface area contributed by atoms with E-state index in [0.29, 0.717) is 0 Å². The summed E-state index contributed by atoms with van der Waals surface area (Å²) in [6.07, 6.45) is -2.32. The summed E-state index contributed by atoms with van der Waals surface area (Å²) in [6.45, 7) is 4.76. The van der Waals surface area contributed by atoms with Crippen molar-refractivity contribution in [3.8, 4) is 0 Å². The average molecular weight is 321 g/mol. The smallest absolute Gasteiger partial charge is 0.255 e. The van der Waals surface area contributed by atoms with Crippen LogP contribution in [0.5, 0.6) is 0 Å². The average Bonchev–Trinajstić information content (AvgIpc) is 2.28. The van der Waals surface area contributed by atoms with Crippen LogP contribution in [0.15, 0.2) is 22.7 Å². The maximum Gasteiger partial charge on any atom is 0.255 e. The van der Waals surface area contributed by atoms with E-state index in [1.165, 1.54) is 0 Å². The molecule has 1 aromatic rings. The molecule has 1 unspecified atom stereocenters. The summed E-state index contributed by atoms with van der Waals surface area (Å²) in [5.41, 5.74) is 1.92. The molecule has 0 fully saturated rings. The van der Waals surface area contributed by atoms with Crippen LogP contribution in [0.25, 0.3) is 0 Å². The van der Waals surface area contributed by atoms with Crippen molar-refractivity contribution in [3.63, 3.8) is 0 Å². The maximum atomic E-state index is 12.3. The van der Waals surface area contributed by atoms with E-state index in [1.54, 1.807) is 11.9 Å². The van der Waals surface area contributed by atoms with Gasteiger partial charge in [-0.2, -0.15) is 0 Å². The van der Waals surface area contributed by atoms with Crippen molar-refractivity contribution in [2.24, 2.45) is 0 Å². The van der Waals surface area contributed by atoms with Crippen molar-refractivity contribution < 1.29 is 8.78 Å². The molecule has 1 rings (SSSR count). The largest absolute Gasteiger partial charge is 0.369 e. The lowest BCUT2D eigenvalue weighted by Crippen LogP contribution is -2.24. The number of halogens is 3. The minimum Gasteiger partial charge on any atom is -0.369 e. The maximum absolute atomic E-state index is 12.3. The second-order valence-corrected chi connectivity index (χ2v) is 5.11. The normalized spacial score (nSPS) is 12.8. The Morgan fingerprint density at radius 2 is 2.06 bits per heavy atom. The molecule has 1 aromatic carbocycles. The van der Waals surface area contributed by atoms with Crippen LogP contribution in [0.2, 0.25) is 0 Å². The van der Waals surface area contributed by atoms with E-state index in [-0.39, 0.29) is 12.6 Å². The lowest BCUT2D eigenvalue weighted by Gasteiger charge is -2.21. The third kappa shape index (κ3) is 4.21. The Morgan fingerprint density at radius 1 is 1.39 bits per heavy atom. The van der Waals surface area contributed by atoms with Gasteiger partial charge in [0.05, 0.1) is 6.54 Å². The number of benzene rings is 1. The Labute approximate surface area is 115 Å². The molecule has 0 bridgehead atoms. The van der Waals surface area contributed by atoms with Gasteiger partial charge in [0.1, 0.15) is 0 Å². The zero-order valence-corrected chi connectivity index (χ0v) is 12.5. The molecule has 18 heavy (non-hydrogen) atoms. The van der Waals surface area contributed by atoms with E-state index in [0.717, 1.165) is 22.3 Å². The van der Waals surface area contributed by atoms with Gasteiger partial charge in [-0.15, -0.1) is 0 Å². The minimum atomic E-state index is -2.32. The third-order valence-corrected chi connectivity index (χ3v) is 3.50. The second-order valence-electron chi connectivity index (χ2n) is 4.26. The van der Waals surface area contributed by atoms with Gasteiger partial charge in [-0.05, 0) is 31.2 Å². The van der Waals surface area contributed by atoms with Crippen LogP contribution in [-0.4, -0.2) is 26.6 Å². The molecule has 0 aromatic heterocycles. The first-order chi connectivity index (χ1) is 8.45. The van der Waals surface area contributed by atoms with E-state index in [1.807, 2.05) is 18.2 Å². The van der Waals surface area contributed by atoms with Gasteiger partial charge in [0, 0.05) is 23.2 Å². The molecule has 0 saturated heterocycles. The summed E-state index contributed by atoms with van der Waals surface area (Å²) >= 11 is 3.50. The topological polar surface area (TPSA) is 15.3 Å². The van der Waals surface area contributed by atoms with Gasteiger partial charge in [-0.3, -0.25) is 0 Å². The van der Waals surface area contributed by atoms with Gasteiger partial charge >= 0.3 is 0 Å². The van der Waals surface area contributed by atoms with Crippen LogP contribution < -0.4 is 10.2 Å². The van der Waals surface area contributed by atoms with E-state index < -0.39 is 6.43 Å². The molecule has 0 aliphatic rings. The summed E-state index contributed by atoms with van der Waals surface area (Å²) in [4.78, 5) is 1.55. The number of hydrogen-bond donors (Lipinski definition) is 1. The Balaban J connectivity index is 2.85. The summed E-state index contributed by atoms with van der Waals surface area (Å²) in [7, 11) is 1.67. The SMILES string of the molecule is CCNC(C)c1ccc(N(C)CC(F)F)cc1Br. The monoisotopic (exact) mass is 320 g/mol. The fourth-order valence-corrected chi connectivity index (χ4v) is 2.54. The molecular weight excluding hydrogens is 302 g/mol. The fourth-order valence-electron chi connectivity index (χ4n) is 1.83. The third-order valence-electron chi connectivity index (χ3n) is 2.81. The molecule has 1 atom stereocenters. The molecule has 0 radical (unpaired) electrons. The van der Waals surface area contributed by atoms with Crippen LogP contribution in [-0.2, 0) is 0 Å². The summed E-state index contributed by atoms with van der Waals surface area (Å²) < 4.78 is 25.6. The lowest BCUT2D eigenvalue weighted by molar-refractivity contribution is 0.156. The molecule has 0 saturated carbocycles. The molecule has 2 nitrogen and oxygen atoms in total. The number of rotatable bonds is 6. The van der Waals surface area contributed by atoms with Crippen molar-refractivity contribution in [1.82, 2.24) is 5.32 Å². The highest BCUT2D eigenvalue weighted by Gasteiger charge is 2.12. The number of hydrogen-bond acceptors (Lipinski definition) is 2. The molecule has 102 valence electrons. The quantitative estimate of drug-likeness (QED) is 0.857. The van der Waals surface area contributed by atoms with E-state index >= 15 is 0 Å². The van der Waals surface area contributed by atoms with Crippen LogP contribution >= 0.6 is 15.9 Å². The molecule has 0 spiro atoms. The summed E-state index contributed by atoms with van der Waals surface area (Å²) in [6, 6.07) is 5.95. The van der Waals surface area contributed by atoms with Crippen molar-refractivity contribution in [2.75, 3.05) is 25.0 Å². The van der Waals surface area contributed by atoms with Gasteiger partial charge in [-0.25, -0.2) is 8.78 Å². The lowest BCUT2D eigenvalue weighted by atomic mass is 10.1. The standard InChI is InChI=1S/C13H19BrF2N2/c1-4-17-9(2)11-6-5-10(7-12(11)14)18(3)8-13(15)16/h5-7,9,13,17H,4,8H2,1-3H3. The first kappa shape index (κ1) is 15.4. The highest BCUT2D eigenvalue weighted by Crippen LogP contribution is 2.28. The zero-order chi connectivity index (χ0) is 13.7. The Morgan fingerprint density at radius 3 is 2.56 bits per heavy atom. The Kier molecular flexibility index (Phi) is 6.02. The van der Waals surface area contributed by atoms with Crippen molar-refractivity contribution in [2.45, 2.75) is 26.3 Å². The minimum absolute atomic E-state index is 0.235. The Hall–Kier alpha value is -0.680. The fraction of sp³-hybridized carbons (Fsp3) is 0.538. The van der Waals surface area contributed by atoms with Crippen LogP contribution in [0.3, 0.4) is 0 Å². The highest BCUT2D eigenvalue weighted by atomic mass is 79.9. The van der Waals surface area contributed by atoms with Gasteiger partial charge in [0.2, 0.25) is 0 Å². The van der Waals surface area contributed by atoms with Crippen LogP contribution in [0.1, 0.15) is 25.5 Å². The molecule has 0 aliphatic heterocycles. The van der Waals surface area contributed by atoms with Gasteiger partial charge in [-0.1, -0.05) is 28.9 Å². The van der Waals surface area contributed by atoms with Gasteiger partial charge < -0.3 is 10.2 Å². The predicted octanol–water partition coefficient (Wildman–Crippen LogP) is 3.82. The number of anilines is 1. The molecule has 1 N–H and O–H groups in total. The Bertz CT molecular complexity index is 385. The van der Waals surface area contributed by atoms with Gasteiger partial charge in [0.15, 0.2) is 0 Å². The van der Waals surface area contributed by atoms with Crippen LogP contribution in [0, 0.1) is 0 Å². The summed E-state index contributed by atoms with van der Waals surface area (Å²) in [5.74, 6) is 0. The predicted molar refractivity (Wildman–Crippen MR) is 75.5 cm³/mol. The van der Waals surface area contributed by atoms with E-state index in [2.05, 4.69) is 35.1 Å². The number of nitrogens with one attached hydrogen (secondary N) is 1. The molecular formula is C13H19BrF2N2. The second kappa shape index (κ2) is 7.04. The van der Waals surface area contributed by atoms with Crippen LogP contribution in [0.4, 0.5) is 14.5 Å². The first-order valence-electron chi connectivity index (χ1n) is 5.97. The molecule has 0 amide bonds. The van der Waals surface area contributed by atoms with Crippen molar-refractivity contribution in [3.05, 3.63) is 28.2 Å². The summed E-state index contributed by atoms with van der Waals surface area (Å²) in [5, 5.41) is 3.32. The van der Waals surface area contributed by atoms with Crippen molar-refractivity contribution >= 4 is 21.6 Å². The molecule has 5 heteroatoms. The molecule has 0 heterocycles. The zero-order valence-electron chi connectivity index (χ0n) is 10.9.